The zero-order chi connectivity index (χ0) is 38.0. The van der Waals surface area contributed by atoms with Crippen molar-refractivity contribution in [3.8, 4) is 6.07 Å². The Morgan fingerprint density at radius 2 is 1.40 bits per heavy atom. The van der Waals surface area contributed by atoms with Crippen LogP contribution in [0.4, 0.5) is 54.0 Å². The van der Waals surface area contributed by atoms with Crippen molar-refractivity contribution < 1.29 is 62.7 Å². The first-order valence-corrected chi connectivity index (χ1v) is 13.9. The first-order chi connectivity index (χ1) is 22.8. The van der Waals surface area contributed by atoms with E-state index in [0.717, 1.165) is 44.2 Å². The van der Waals surface area contributed by atoms with E-state index in [0.29, 0.717) is 24.3 Å². The van der Waals surface area contributed by atoms with Crippen molar-refractivity contribution in [3.05, 3.63) is 105 Å². The van der Waals surface area contributed by atoms with Gasteiger partial charge in [-0.25, -0.2) is 13.6 Å². The van der Waals surface area contributed by atoms with E-state index in [1.165, 1.54) is 6.92 Å². The van der Waals surface area contributed by atoms with Gasteiger partial charge in [0.05, 0.1) is 34.7 Å². The maximum absolute atomic E-state index is 14.0. The smallest absolute Gasteiger partial charge is 0.373 e. The van der Waals surface area contributed by atoms with Crippen LogP contribution < -0.4 is 10.9 Å². The zero-order valence-electron chi connectivity index (χ0n) is 25.8. The molecule has 1 aromatic heterocycles. The first kappa shape index (κ1) is 39.4. The first-order valence-electron chi connectivity index (χ1n) is 13.9. The molecule has 0 saturated heterocycles. The lowest BCUT2D eigenvalue weighted by molar-refractivity contribution is -0.254. The quantitative estimate of drug-likeness (QED) is 0.194. The number of anilines is 1. The highest BCUT2D eigenvalue weighted by atomic mass is 19.4. The van der Waals surface area contributed by atoms with Crippen LogP contribution in [0.15, 0.2) is 63.9 Å². The number of fused-ring (bicyclic) bond motifs is 1. The van der Waals surface area contributed by atoms with Gasteiger partial charge in [0.15, 0.2) is 0 Å². The molecule has 2 N–H and O–H groups in total. The Morgan fingerprint density at radius 3 is 1.94 bits per heavy atom. The Hall–Kier alpha value is -5.05. The molecule has 1 amide bonds. The van der Waals surface area contributed by atoms with Crippen molar-refractivity contribution in [2.75, 3.05) is 5.32 Å². The zero-order valence-corrected chi connectivity index (χ0v) is 25.8. The molecule has 1 heterocycles. The number of nitriles is 1. The average Bonchev–Trinajstić information content (AvgIpc) is 2.97. The maximum atomic E-state index is 14.0. The summed E-state index contributed by atoms with van der Waals surface area (Å²) in [5, 5.41) is 24.4. The lowest BCUT2D eigenvalue weighted by Crippen LogP contribution is -2.57. The number of aryl methyl sites for hydroxylation is 1. The molecule has 7 nitrogen and oxygen atoms in total. The number of hydrogen-bond acceptors (Lipinski definition) is 6. The molecular formula is C32H24F11N3O4. The van der Waals surface area contributed by atoms with E-state index in [2.05, 4.69) is 9.68 Å². The van der Waals surface area contributed by atoms with Crippen LogP contribution in [-0.4, -0.2) is 27.9 Å². The highest BCUT2D eigenvalue weighted by molar-refractivity contribution is 5.99. The molecule has 0 aliphatic rings. The van der Waals surface area contributed by atoms with Crippen LogP contribution in [0.5, 0.6) is 0 Å². The Morgan fingerprint density at radius 1 is 0.840 bits per heavy atom. The molecule has 3 aromatic carbocycles. The van der Waals surface area contributed by atoms with Crippen molar-refractivity contribution in [2.45, 2.75) is 63.2 Å². The van der Waals surface area contributed by atoms with Gasteiger partial charge in [0.2, 0.25) is 5.60 Å². The average molecular weight is 724 g/mol. The predicted octanol–water partition coefficient (Wildman–Crippen LogP) is 8.16. The van der Waals surface area contributed by atoms with Crippen molar-refractivity contribution in [2.24, 2.45) is 0 Å². The number of benzene rings is 3. The largest absolute Gasteiger partial charge is 0.426 e. The van der Waals surface area contributed by atoms with Crippen LogP contribution in [-0.2, 0) is 29.0 Å². The molecule has 0 bridgehead atoms. The topological polar surface area (TPSA) is 116 Å². The van der Waals surface area contributed by atoms with Crippen LogP contribution in [0.1, 0.15) is 48.2 Å². The van der Waals surface area contributed by atoms with Gasteiger partial charge in [0.25, 0.3) is 5.91 Å². The number of alkyl halides is 9. The van der Waals surface area contributed by atoms with Crippen molar-refractivity contribution >= 4 is 22.4 Å². The van der Waals surface area contributed by atoms with E-state index >= 15 is 0 Å². The SMILES string of the molecule is Cc1noc(=O)c2ccc(NC(=O)C(O)(CC(C)(C)c3cc(F)ccc3C(F)(F)F)C(F)(F)F)cc12.N#CCc1cc(F)ccc1C(F)(F)F. The summed E-state index contributed by atoms with van der Waals surface area (Å²) in [5.74, 6) is -3.90. The van der Waals surface area contributed by atoms with Gasteiger partial charge in [-0.15, -0.1) is 0 Å². The molecule has 4 rings (SSSR count). The minimum Gasteiger partial charge on any atom is -0.373 e. The van der Waals surface area contributed by atoms with E-state index in [-0.39, 0.29) is 27.7 Å². The van der Waals surface area contributed by atoms with Gasteiger partial charge >= 0.3 is 24.2 Å². The van der Waals surface area contributed by atoms with Crippen molar-refractivity contribution in [3.63, 3.8) is 0 Å². The summed E-state index contributed by atoms with van der Waals surface area (Å²) in [7, 11) is 0. The molecular weight excluding hydrogens is 699 g/mol. The highest BCUT2D eigenvalue weighted by Gasteiger charge is 2.61. The number of carbonyl (C=O) groups is 1. The number of nitrogens with zero attached hydrogens (tertiary/aromatic N) is 2. The second-order valence-electron chi connectivity index (χ2n) is 11.5. The van der Waals surface area contributed by atoms with Crippen LogP contribution in [0.3, 0.4) is 0 Å². The molecule has 0 fully saturated rings. The van der Waals surface area contributed by atoms with Gasteiger partial charge in [-0.05, 0) is 78.1 Å². The highest BCUT2D eigenvalue weighted by Crippen LogP contribution is 2.45. The van der Waals surface area contributed by atoms with Crippen LogP contribution in [0.25, 0.3) is 10.8 Å². The van der Waals surface area contributed by atoms with Crippen LogP contribution in [0, 0.1) is 29.9 Å². The monoisotopic (exact) mass is 723 g/mol. The van der Waals surface area contributed by atoms with Gasteiger partial charge in [-0.1, -0.05) is 19.0 Å². The number of aromatic nitrogens is 1. The lowest BCUT2D eigenvalue weighted by atomic mass is 9.72. The van der Waals surface area contributed by atoms with Gasteiger partial charge in [-0.2, -0.15) is 44.8 Å². The third kappa shape index (κ3) is 8.75. The van der Waals surface area contributed by atoms with E-state index < -0.39 is 82.2 Å². The summed E-state index contributed by atoms with van der Waals surface area (Å²) in [5.41, 5.74) is -10.8. The minimum absolute atomic E-state index is 0.0264. The second-order valence-corrected chi connectivity index (χ2v) is 11.5. The van der Waals surface area contributed by atoms with Crippen LogP contribution in [0.2, 0.25) is 0 Å². The number of hydrogen-bond donors (Lipinski definition) is 2. The fraction of sp³-hybridized carbons (Fsp3) is 0.312. The van der Waals surface area contributed by atoms with Gasteiger partial charge in [0.1, 0.15) is 11.6 Å². The summed E-state index contributed by atoms with van der Waals surface area (Å²) in [6.07, 6.45) is -17.2. The molecule has 4 aromatic rings. The fourth-order valence-electron chi connectivity index (χ4n) is 4.98. The summed E-state index contributed by atoms with van der Waals surface area (Å²) in [4.78, 5) is 24.5. The number of carbonyl (C=O) groups excluding carboxylic acids is 1. The number of aliphatic hydroxyl groups is 1. The number of amides is 1. The van der Waals surface area contributed by atoms with Crippen LogP contribution >= 0.6 is 0 Å². The predicted molar refractivity (Wildman–Crippen MR) is 154 cm³/mol. The van der Waals surface area contributed by atoms with Crippen molar-refractivity contribution in [1.29, 1.82) is 5.26 Å². The van der Waals surface area contributed by atoms with E-state index in [1.807, 2.05) is 5.32 Å². The molecule has 0 saturated carbocycles. The molecule has 268 valence electrons. The number of rotatable bonds is 6. The summed E-state index contributed by atoms with van der Waals surface area (Å²) < 4.78 is 150. The third-order valence-corrected chi connectivity index (χ3v) is 7.35. The molecule has 0 radical (unpaired) electrons. The van der Waals surface area contributed by atoms with E-state index in [9.17, 15) is 63.0 Å². The number of halogens is 11. The number of nitrogens with one attached hydrogen (secondary N) is 1. The lowest BCUT2D eigenvalue weighted by Gasteiger charge is -2.37. The Labute approximate surface area is 274 Å². The molecule has 1 atom stereocenters. The van der Waals surface area contributed by atoms with Gasteiger partial charge < -0.3 is 14.9 Å². The summed E-state index contributed by atoms with van der Waals surface area (Å²) in [6.45, 7) is 3.28. The van der Waals surface area contributed by atoms with Crippen molar-refractivity contribution in [1.82, 2.24) is 5.16 Å². The fourth-order valence-corrected chi connectivity index (χ4v) is 4.98. The standard InChI is InChI=1S/C23H19F7N2O4.C9H5F4N/c1-11-15-9-13(5-6-14(15)18(33)36-32-11)31-19(34)21(35,23(28,29)30)10-20(2,3)17-8-12(24)4-7-16(17)22(25,26)27;10-7-1-2-8(9(11,12)13)6(5-7)3-4-14/h4-9,35H,10H2,1-3H3,(H,31,34);1-2,5H,3H2. The molecule has 0 aliphatic heterocycles. The minimum atomic E-state index is -5.63. The molecule has 0 aliphatic carbocycles. The third-order valence-electron chi connectivity index (χ3n) is 7.35. The van der Waals surface area contributed by atoms with Gasteiger partial charge in [0, 0.05) is 17.5 Å². The normalized spacial score (nSPS) is 13.6. The van der Waals surface area contributed by atoms with E-state index in [1.54, 1.807) is 6.07 Å². The second kappa shape index (κ2) is 14.1. The molecule has 0 spiro atoms. The summed E-state index contributed by atoms with van der Waals surface area (Å²) in [6, 6.07) is 8.31. The Kier molecular flexibility index (Phi) is 11.1. The Bertz CT molecular complexity index is 2000. The van der Waals surface area contributed by atoms with Gasteiger partial charge in [-0.3, -0.25) is 4.79 Å². The molecule has 18 heteroatoms. The Balaban J connectivity index is 0.000000403. The molecule has 1 unspecified atom stereocenters. The molecule has 50 heavy (non-hydrogen) atoms. The summed E-state index contributed by atoms with van der Waals surface area (Å²) >= 11 is 0. The van der Waals surface area contributed by atoms with E-state index in [4.69, 9.17) is 5.26 Å². The maximum Gasteiger partial charge on any atom is 0.426 e.